The molecule has 1 N–H and O–H groups in total. The predicted octanol–water partition coefficient (Wildman–Crippen LogP) is 3.69. The summed E-state index contributed by atoms with van der Waals surface area (Å²) in [5.41, 5.74) is 1.48. The highest BCUT2D eigenvalue weighted by atomic mass is 16.6. The van der Waals surface area contributed by atoms with Crippen molar-refractivity contribution in [1.82, 2.24) is 5.32 Å². The monoisotopic (exact) mass is 353 g/mol. The van der Waals surface area contributed by atoms with Crippen LogP contribution in [-0.2, 0) is 27.2 Å². The summed E-state index contributed by atoms with van der Waals surface area (Å²) in [5, 5.41) is 2.84. The summed E-state index contributed by atoms with van der Waals surface area (Å²) < 4.78 is 5.48. The van der Waals surface area contributed by atoms with Crippen LogP contribution in [-0.4, -0.2) is 23.5 Å². The zero-order chi connectivity index (χ0) is 19.0. The van der Waals surface area contributed by atoms with E-state index in [-0.39, 0.29) is 5.91 Å². The fourth-order valence-electron chi connectivity index (χ4n) is 2.59. The summed E-state index contributed by atoms with van der Waals surface area (Å²) in [7, 11) is 0. The highest BCUT2D eigenvalue weighted by molar-refractivity contribution is 5.85. The second kappa shape index (κ2) is 9.18. The van der Waals surface area contributed by atoms with E-state index < -0.39 is 17.6 Å². The van der Waals surface area contributed by atoms with E-state index in [1.165, 1.54) is 0 Å². The van der Waals surface area contributed by atoms with Crippen molar-refractivity contribution in [1.29, 1.82) is 0 Å². The van der Waals surface area contributed by atoms with Crippen molar-refractivity contribution in [3.8, 4) is 0 Å². The third-order valence-electron chi connectivity index (χ3n) is 3.79. The molecule has 0 bridgehead atoms. The second-order valence-corrected chi connectivity index (χ2v) is 7.33. The number of benzene rings is 2. The van der Waals surface area contributed by atoms with E-state index in [9.17, 15) is 9.59 Å². The summed E-state index contributed by atoms with van der Waals surface area (Å²) in [5.74, 6) is -0.560. The average molecular weight is 353 g/mol. The van der Waals surface area contributed by atoms with Crippen molar-refractivity contribution in [3.63, 3.8) is 0 Å². The summed E-state index contributed by atoms with van der Waals surface area (Å²) in [6.07, 6.45) is 1.38. The molecule has 0 fully saturated rings. The van der Waals surface area contributed by atoms with Crippen molar-refractivity contribution in [2.24, 2.45) is 0 Å². The topological polar surface area (TPSA) is 55.4 Å². The van der Waals surface area contributed by atoms with Gasteiger partial charge in [0.2, 0.25) is 5.91 Å². The molecule has 0 heterocycles. The number of esters is 1. The van der Waals surface area contributed by atoms with Crippen molar-refractivity contribution in [3.05, 3.63) is 71.8 Å². The quantitative estimate of drug-likeness (QED) is 0.773. The molecule has 2 rings (SSSR count). The lowest BCUT2D eigenvalue weighted by Crippen LogP contribution is -2.45. The van der Waals surface area contributed by atoms with E-state index in [1.807, 2.05) is 81.4 Å². The molecule has 1 amide bonds. The molecule has 0 aromatic heterocycles. The van der Waals surface area contributed by atoms with Gasteiger partial charge in [0.1, 0.15) is 11.6 Å². The molecule has 2 aromatic rings. The van der Waals surface area contributed by atoms with Crippen LogP contribution in [0.25, 0.3) is 0 Å². The van der Waals surface area contributed by atoms with Crippen LogP contribution < -0.4 is 5.32 Å². The smallest absolute Gasteiger partial charge is 0.329 e. The van der Waals surface area contributed by atoms with Gasteiger partial charge in [0, 0.05) is 12.8 Å². The summed E-state index contributed by atoms with van der Waals surface area (Å²) in [6.45, 7) is 5.46. The number of ether oxygens (including phenoxy) is 1. The maximum absolute atomic E-state index is 12.5. The Morgan fingerprint density at radius 3 is 2.00 bits per heavy atom. The Bertz CT molecular complexity index is 705. The van der Waals surface area contributed by atoms with Crippen molar-refractivity contribution >= 4 is 11.9 Å². The van der Waals surface area contributed by atoms with E-state index in [4.69, 9.17) is 4.74 Å². The fourth-order valence-corrected chi connectivity index (χ4v) is 2.59. The molecule has 0 saturated heterocycles. The van der Waals surface area contributed by atoms with E-state index in [0.29, 0.717) is 19.3 Å². The first kappa shape index (κ1) is 19.7. The minimum Gasteiger partial charge on any atom is -0.458 e. The number of aryl methyl sites for hydroxylation is 1. The van der Waals surface area contributed by atoms with Crippen LogP contribution in [0, 0.1) is 0 Å². The molecule has 0 saturated carbocycles. The van der Waals surface area contributed by atoms with Crippen LogP contribution in [0.1, 0.15) is 38.3 Å². The normalized spacial score (nSPS) is 12.3. The second-order valence-electron chi connectivity index (χ2n) is 7.33. The summed E-state index contributed by atoms with van der Waals surface area (Å²) in [6, 6.07) is 18.8. The number of hydrogen-bond donors (Lipinski definition) is 1. The van der Waals surface area contributed by atoms with Crippen molar-refractivity contribution < 1.29 is 14.3 Å². The van der Waals surface area contributed by atoms with E-state index in [0.717, 1.165) is 11.1 Å². The molecular formula is C22H27NO3. The first-order valence-electron chi connectivity index (χ1n) is 8.93. The molecule has 0 spiro atoms. The molecule has 4 heteroatoms. The minimum atomic E-state index is -0.695. The lowest BCUT2D eigenvalue weighted by Gasteiger charge is -2.24. The molecule has 138 valence electrons. The summed E-state index contributed by atoms with van der Waals surface area (Å²) in [4.78, 5) is 24.9. The van der Waals surface area contributed by atoms with Crippen LogP contribution in [0.3, 0.4) is 0 Å². The van der Waals surface area contributed by atoms with Gasteiger partial charge in [-0.05, 0) is 38.3 Å². The van der Waals surface area contributed by atoms with Gasteiger partial charge in [-0.1, -0.05) is 60.7 Å². The number of hydrogen-bond acceptors (Lipinski definition) is 3. The number of amides is 1. The van der Waals surface area contributed by atoms with Gasteiger partial charge in [0.25, 0.3) is 0 Å². The zero-order valence-electron chi connectivity index (χ0n) is 15.7. The van der Waals surface area contributed by atoms with E-state index in [2.05, 4.69) is 5.32 Å². The molecule has 26 heavy (non-hydrogen) atoms. The van der Waals surface area contributed by atoms with Crippen molar-refractivity contribution in [2.75, 3.05) is 0 Å². The summed E-state index contributed by atoms with van der Waals surface area (Å²) >= 11 is 0. The van der Waals surface area contributed by atoms with Crippen LogP contribution in [0.5, 0.6) is 0 Å². The molecule has 0 aliphatic heterocycles. The van der Waals surface area contributed by atoms with Gasteiger partial charge in [0.05, 0.1) is 0 Å². The maximum Gasteiger partial charge on any atom is 0.329 e. The third kappa shape index (κ3) is 7.09. The number of carbonyl (C=O) groups excluding carboxylic acids is 2. The standard InChI is InChI=1S/C22H27NO3/c1-22(2,3)26-21(25)19(16-18-12-8-5-9-13-18)23-20(24)15-14-17-10-6-4-7-11-17/h4-13,19H,14-16H2,1-3H3,(H,23,24)/t19-/m1/s1. The molecule has 1 atom stereocenters. The number of carbonyl (C=O) groups is 2. The molecular weight excluding hydrogens is 326 g/mol. The van der Waals surface area contributed by atoms with Gasteiger partial charge in [-0.3, -0.25) is 4.79 Å². The highest BCUT2D eigenvalue weighted by Crippen LogP contribution is 2.12. The van der Waals surface area contributed by atoms with Crippen LogP contribution in [0.2, 0.25) is 0 Å². The predicted molar refractivity (Wildman–Crippen MR) is 103 cm³/mol. The van der Waals surface area contributed by atoms with Gasteiger partial charge in [-0.2, -0.15) is 0 Å². The van der Waals surface area contributed by atoms with Gasteiger partial charge < -0.3 is 10.1 Å². The van der Waals surface area contributed by atoms with Crippen LogP contribution >= 0.6 is 0 Å². The average Bonchev–Trinajstić information content (AvgIpc) is 2.60. The fraction of sp³-hybridized carbons (Fsp3) is 0.364. The number of nitrogens with one attached hydrogen (secondary N) is 1. The Hall–Kier alpha value is -2.62. The number of rotatable bonds is 7. The Kier molecular flexibility index (Phi) is 6.96. The lowest BCUT2D eigenvalue weighted by atomic mass is 10.0. The first-order chi connectivity index (χ1) is 12.3. The molecule has 2 aromatic carbocycles. The van der Waals surface area contributed by atoms with Crippen LogP contribution in [0.15, 0.2) is 60.7 Å². The SMILES string of the molecule is CC(C)(C)OC(=O)[C@@H](Cc1ccccc1)NC(=O)CCc1ccccc1. The molecule has 0 aliphatic carbocycles. The van der Waals surface area contributed by atoms with Gasteiger partial charge in [-0.25, -0.2) is 4.79 Å². The highest BCUT2D eigenvalue weighted by Gasteiger charge is 2.26. The Labute approximate surface area is 155 Å². The Morgan fingerprint density at radius 2 is 1.46 bits per heavy atom. The van der Waals surface area contributed by atoms with Crippen LogP contribution in [0.4, 0.5) is 0 Å². The third-order valence-corrected chi connectivity index (χ3v) is 3.79. The van der Waals surface area contributed by atoms with Crippen molar-refractivity contribution in [2.45, 2.75) is 51.7 Å². The van der Waals surface area contributed by atoms with Gasteiger partial charge in [-0.15, -0.1) is 0 Å². The van der Waals surface area contributed by atoms with E-state index in [1.54, 1.807) is 0 Å². The minimum absolute atomic E-state index is 0.152. The molecule has 0 aliphatic rings. The van der Waals surface area contributed by atoms with E-state index >= 15 is 0 Å². The molecule has 0 radical (unpaired) electrons. The largest absolute Gasteiger partial charge is 0.458 e. The lowest BCUT2D eigenvalue weighted by molar-refractivity contribution is -0.158. The first-order valence-corrected chi connectivity index (χ1v) is 8.93. The zero-order valence-corrected chi connectivity index (χ0v) is 15.7. The maximum atomic E-state index is 12.5. The molecule has 4 nitrogen and oxygen atoms in total. The Morgan fingerprint density at radius 1 is 0.923 bits per heavy atom. The molecule has 0 unspecified atom stereocenters. The Balaban J connectivity index is 2.00. The van der Waals surface area contributed by atoms with Gasteiger partial charge >= 0.3 is 5.97 Å². The van der Waals surface area contributed by atoms with Gasteiger partial charge in [0.15, 0.2) is 0 Å².